The fourth-order valence-corrected chi connectivity index (χ4v) is 2.48. The highest BCUT2D eigenvalue weighted by atomic mass is 32.2. The molecule has 17 heavy (non-hydrogen) atoms. The zero-order chi connectivity index (χ0) is 12.9. The second kappa shape index (κ2) is 6.26. The van der Waals surface area contributed by atoms with Gasteiger partial charge in [-0.15, -0.1) is 0 Å². The normalized spacial score (nSPS) is 20.2. The molecule has 0 radical (unpaired) electrons. The first-order chi connectivity index (χ1) is 8.06. The van der Waals surface area contributed by atoms with Gasteiger partial charge in [0.05, 0.1) is 6.61 Å². The van der Waals surface area contributed by atoms with Crippen molar-refractivity contribution in [1.82, 2.24) is 10.6 Å². The largest absolute Gasteiger partial charge is 0.396 e. The van der Waals surface area contributed by atoms with Crippen LogP contribution in [0.4, 0.5) is 4.79 Å². The molecule has 3 N–H and O–H groups in total. The van der Waals surface area contributed by atoms with Gasteiger partial charge in [-0.25, -0.2) is 0 Å². The van der Waals surface area contributed by atoms with Crippen LogP contribution in [0.15, 0.2) is 0 Å². The Bertz CT molecular complexity index is 284. The van der Waals surface area contributed by atoms with Crippen molar-refractivity contribution in [1.29, 1.82) is 0 Å². The fourth-order valence-electron chi connectivity index (χ4n) is 1.70. The van der Waals surface area contributed by atoms with Crippen molar-refractivity contribution in [3.63, 3.8) is 0 Å². The van der Waals surface area contributed by atoms with Crippen LogP contribution in [0.25, 0.3) is 0 Å². The van der Waals surface area contributed by atoms with Crippen molar-refractivity contribution in [2.45, 2.75) is 32.7 Å². The number of aliphatic hydroxyl groups is 1. The highest BCUT2D eigenvalue weighted by Crippen LogP contribution is 2.24. The predicted octanol–water partition coefficient (Wildman–Crippen LogP) is 0.726. The van der Waals surface area contributed by atoms with Gasteiger partial charge < -0.3 is 15.7 Å². The van der Waals surface area contributed by atoms with E-state index >= 15 is 0 Å². The summed E-state index contributed by atoms with van der Waals surface area (Å²) in [6.07, 6.45) is 1.62. The second-order valence-electron chi connectivity index (χ2n) is 4.38. The van der Waals surface area contributed by atoms with Crippen LogP contribution in [0.3, 0.4) is 0 Å². The standard InChI is InChI=1S/C11H20N2O3S/c1-3-11(4-2,7-14)6-12-9(15)8-5-17-10(16)13-8/h8,14H,3-7H2,1-2H3,(H,12,15)(H,13,16). The molecule has 1 aliphatic heterocycles. The van der Waals surface area contributed by atoms with Crippen LogP contribution < -0.4 is 10.6 Å². The molecule has 1 saturated heterocycles. The lowest BCUT2D eigenvalue weighted by Crippen LogP contribution is -2.47. The average molecular weight is 260 g/mol. The summed E-state index contributed by atoms with van der Waals surface area (Å²) >= 11 is 1.12. The molecule has 0 aliphatic carbocycles. The lowest BCUT2D eigenvalue weighted by molar-refractivity contribution is -0.123. The molecule has 0 aromatic heterocycles. The van der Waals surface area contributed by atoms with Crippen LogP contribution in [0, 0.1) is 5.41 Å². The molecule has 1 fully saturated rings. The molecule has 5 nitrogen and oxygen atoms in total. The summed E-state index contributed by atoms with van der Waals surface area (Å²) in [6.45, 7) is 4.51. The molecule has 1 aliphatic rings. The van der Waals surface area contributed by atoms with Crippen LogP contribution in [0.1, 0.15) is 26.7 Å². The molecule has 2 amide bonds. The summed E-state index contributed by atoms with van der Waals surface area (Å²) in [6, 6.07) is -0.433. The van der Waals surface area contributed by atoms with Gasteiger partial charge in [0, 0.05) is 17.7 Å². The van der Waals surface area contributed by atoms with E-state index in [1.165, 1.54) is 0 Å². The maximum absolute atomic E-state index is 11.8. The minimum Gasteiger partial charge on any atom is -0.396 e. The Kier molecular flexibility index (Phi) is 5.27. The molecule has 0 saturated carbocycles. The van der Waals surface area contributed by atoms with Gasteiger partial charge >= 0.3 is 0 Å². The number of amides is 2. The van der Waals surface area contributed by atoms with Crippen molar-refractivity contribution >= 4 is 22.9 Å². The Balaban J connectivity index is 2.44. The third-order valence-corrected chi connectivity index (χ3v) is 4.34. The summed E-state index contributed by atoms with van der Waals surface area (Å²) in [5.41, 5.74) is -0.245. The topological polar surface area (TPSA) is 78.4 Å². The van der Waals surface area contributed by atoms with E-state index in [2.05, 4.69) is 10.6 Å². The molecule has 6 heteroatoms. The zero-order valence-electron chi connectivity index (χ0n) is 10.3. The third-order valence-electron chi connectivity index (χ3n) is 3.46. The second-order valence-corrected chi connectivity index (χ2v) is 5.37. The molecule has 1 rings (SSSR count). The third kappa shape index (κ3) is 3.61. The van der Waals surface area contributed by atoms with Gasteiger partial charge in [0.1, 0.15) is 6.04 Å². The van der Waals surface area contributed by atoms with E-state index in [1.807, 2.05) is 13.8 Å². The number of aliphatic hydroxyl groups excluding tert-OH is 1. The minimum atomic E-state index is -0.433. The fraction of sp³-hybridized carbons (Fsp3) is 0.818. The molecule has 0 bridgehead atoms. The van der Waals surface area contributed by atoms with Crippen molar-refractivity contribution in [2.24, 2.45) is 5.41 Å². The summed E-state index contributed by atoms with van der Waals surface area (Å²) in [5, 5.41) is 14.6. The highest BCUT2D eigenvalue weighted by Gasteiger charge is 2.31. The van der Waals surface area contributed by atoms with Crippen LogP contribution >= 0.6 is 11.8 Å². The number of carbonyl (C=O) groups excluding carboxylic acids is 2. The number of carbonyl (C=O) groups is 2. The summed E-state index contributed by atoms with van der Waals surface area (Å²) in [4.78, 5) is 22.7. The Morgan fingerprint density at radius 2 is 2.24 bits per heavy atom. The van der Waals surface area contributed by atoms with E-state index in [9.17, 15) is 14.7 Å². The van der Waals surface area contributed by atoms with Crippen LogP contribution in [0.2, 0.25) is 0 Å². The molecule has 1 atom stereocenters. The maximum atomic E-state index is 11.8. The maximum Gasteiger partial charge on any atom is 0.279 e. The molecule has 0 spiro atoms. The first-order valence-corrected chi connectivity index (χ1v) is 6.87. The van der Waals surface area contributed by atoms with Crippen molar-refractivity contribution in [3.8, 4) is 0 Å². The van der Waals surface area contributed by atoms with E-state index in [1.54, 1.807) is 0 Å². The van der Waals surface area contributed by atoms with E-state index in [4.69, 9.17) is 0 Å². The van der Waals surface area contributed by atoms with Crippen molar-refractivity contribution in [3.05, 3.63) is 0 Å². The lowest BCUT2D eigenvalue weighted by atomic mass is 9.83. The Hall–Kier alpha value is -0.750. The first-order valence-electron chi connectivity index (χ1n) is 5.88. The first kappa shape index (κ1) is 14.3. The molecule has 1 unspecified atom stereocenters. The number of hydrogen-bond acceptors (Lipinski definition) is 4. The van der Waals surface area contributed by atoms with Crippen molar-refractivity contribution in [2.75, 3.05) is 18.9 Å². The Morgan fingerprint density at radius 3 is 2.65 bits per heavy atom. The van der Waals surface area contributed by atoms with Gasteiger partial charge in [-0.05, 0) is 12.8 Å². The molecule has 0 aromatic rings. The summed E-state index contributed by atoms with van der Waals surface area (Å²) in [7, 11) is 0. The van der Waals surface area contributed by atoms with E-state index in [-0.39, 0.29) is 23.2 Å². The Morgan fingerprint density at radius 1 is 1.59 bits per heavy atom. The molecule has 0 aromatic carbocycles. The number of hydrogen-bond donors (Lipinski definition) is 3. The van der Waals surface area contributed by atoms with Gasteiger partial charge in [0.25, 0.3) is 5.24 Å². The average Bonchev–Trinajstić information content (AvgIpc) is 2.78. The van der Waals surface area contributed by atoms with Crippen LogP contribution in [0.5, 0.6) is 0 Å². The number of rotatable bonds is 6. The van der Waals surface area contributed by atoms with Crippen molar-refractivity contribution < 1.29 is 14.7 Å². The van der Waals surface area contributed by atoms with Gasteiger partial charge in [-0.2, -0.15) is 0 Å². The monoisotopic (exact) mass is 260 g/mol. The number of thioether (sulfide) groups is 1. The number of nitrogens with one attached hydrogen (secondary N) is 2. The minimum absolute atomic E-state index is 0.0616. The lowest BCUT2D eigenvalue weighted by Gasteiger charge is -2.29. The SMILES string of the molecule is CCC(CC)(CO)CNC(=O)C1CSC(=O)N1. The van der Waals surface area contributed by atoms with Gasteiger partial charge in [0.15, 0.2) is 0 Å². The van der Waals surface area contributed by atoms with Crippen LogP contribution in [-0.4, -0.2) is 41.2 Å². The predicted molar refractivity (Wildman–Crippen MR) is 67.9 cm³/mol. The quantitative estimate of drug-likeness (QED) is 0.658. The van der Waals surface area contributed by atoms with Gasteiger partial charge in [-0.3, -0.25) is 9.59 Å². The smallest absolute Gasteiger partial charge is 0.279 e. The summed E-state index contributed by atoms with van der Waals surface area (Å²) in [5.74, 6) is 0.317. The zero-order valence-corrected chi connectivity index (χ0v) is 11.1. The Labute approximate surface area is 106 Å². The molecular weight excluding hydrogens is 240 g/mol. The molecule has 98 valence electrons. The van der Waals surface area contributed by atoms with E-state index in [0.29, 0.717) is 12.3 Å². The van der Waals surface area contributed by atoms with Crippen LogP contribution in [-0.2, 0) is 4.79 Å². The van der Waals surface area contributed by atoms with E-state index in [0.717, 1.165) is 24.6 Å². The van der Waals surface area contributed by atoms with Gasteiger partial charge in [-0.1, -0.05) is 25.6 Å². The molecule has 1 heterocycles. The van der Waals surface area contributed by atoms with Gasteiger partial charge in [0.2, 0.25) is 5.91 Å². The highest BCUT2D eigenvalue weighted by molar-refractivity contribution is 8.14. The summed E-state index contributed by atoms with van der Waals surface area (Å²) < 4.78 is 0. The van der Waals surface area contributed by atoms with E-state index < -0.39 is 6.04 Å². The molecular formula is C11H20N2O3S.